The smallest absolute Gasteiger partial charge is 0.255 e. The van der Waals surface area contributed by atoms with Crippen LogP contribution in [0.1, 0.15) is 27.9 Å². The SMILES string of the molecule is CC(=O)Nc1ccc([As](=O)(O)O)c(O)c1.Cc1nc(-c2ccc(N)c(NC(=O)c3ccccc3)c2)sc1C. The largest absolute Gasteiger partial charge is 0.397 e. The second-order valence-electron chi connectivity index (χ2n) is 8.21. The van der Waals surface area contributed by atoms with E-state index in [1.807, 2.05) is 44.2 Å². The van der Waals surface area contributed by atoms with Crippen LogP contribution >= 0.6 is 11.3 Å². The molecule has 2 amide bonds. The fourth-order valence-corrected chi connectivity index (χ4v) is 5.46. The molecular formula is C26H27AsN4O6S. The van der Waals surface area contributed by atoms with E-state index in [4.69, 9.17) is 13.9 Å². The van der Waals surface area contributed by atoms with Crippen LogP contribution in [-0.2, 0) is 8.53 Å². The number of nitrogens with one attached hydrogen (secondary N) is 2. The molecule has 0 saturated heterocycles. The minimum absolute atomic E-state index is 0.180. The maximum Gasteiger partial charge on any atom is 0.255 e. The summed E-state index contributed by atoms with van der Waals surface area (Å²) in [6.45, 7) is 5.33. The molecule has 7 N–H and O–H groups in total. The quantitative estimate of drug-likeness (QED) is 0.150. The number of phenolic OH excluding ortho intramolecular Hbond substituents is 1. The molecule has 1 heterocycles. The normalized spacial score (nSPS) is 10.8. The van der Waals surface area contributed by atoms with E-state index in [1.165, 1.54) is 17.9 Å². The van der Waals surface area contributed by atoms with Crippen molar-refractivity contribution in [3.8, 4) is 16.3 Å². The molecule has 0 unspecified atom stereocenters. The fraction of sp³-hybridized carbons (Fsp3) is 0.115. The summed E-state index contributed by atoms with van der Waals surface area (Å²) in [7, 11) is 0. The van der Waals surface area contributed by atoms with Gasteiger partial charge in [0, 0.05) is 16.0 Å². The van der Waals surface area contributed by atoms with Crippen LogP contribution in [0, 0.1) is 13.8 Å². The summed E-state index contributed by atoms with van der Waals surface area (Å²) in [6.07, 6.45) is 0. The number of carbonyl (C=O) groups excluding carboxylic acids is 2. The molecule has 4 aromatic rings. The molecule has 0 aliphatic heterocycles. The third-order valence-corrected chi connectivity index (χ3v) is 8.45. The zero-order valence-corrected chi connectivity index (χ0v) is 23.5. The van der Waals surface area contributed by atoms with E-state index in [9.17, 15) is 18.4 Å². The van der Waals surface area contributed by atoms with Gasteiger partial charge in [-0.25, -0.2) is 4.98 Å². The number of nitrogen functional groups attached to an aromatic ring is 1. The number of phenols is 1. The number of carbonyl (C=O) groups is 2. The van der Waals surface area contributed by atoms with Crippen molar-refractivity contribution in [2.45, 2.75) is 20.8 Å². The number of thiazole rings is 1. The summed E-state index contributed by atoms with van der Waals surface area (Å²) in [6, 6.07) is 18.2. The average molecular weight is 599 g/mol. The number of aromatic nitrogens is 1. The number of aromatic hydroxyl groups is 1. The van der Waals surface area contributed by atoms with Crippen molar-refractivity contribution in [1.29, 1.82) is 0 Å². The Morgan fingerprint density at radius 3 is 2.21 bits per heavy atom. The number of benzene rings is 3. The molecule has 0 fully saturated rings. The van der Waals surface area contributed by atoms with Gasteiger partial charge in [0.15, 0.2) is 0 Å². The molecule has 0 atom stereocenters. The topological polar surface area (TPSA) is 175 Å². The Morgan fingerprint density at radius 1 is 0.974 bits per heavy atom. The molecule has 198 valence electrons. The molecule has 3 aromatic carbocycles. The van der Waals surface area contributed by atoms with Gasteiger partial charge in [-0.2, -0.15) is 0 Å². The van der Waals surface area contributed by atoms with Gasteiger partial charge in [0.25, 0.3) is 5.91 Å². The molecule has 38 heavy (non-hydrogen) atoms. The first-order valence-corrected chi connectivity index (χ1v) is 15.4. The molecule has 0 spiro atoms. The summed E-state index contributed by atoms with van der Waals surface area (Å²) in [4.78, 5) is 28.7. The predicted molar refractivity (Wildman–Crippen MR) is 149 cm³/mol. The zero-order valence-electron chi connectivity index (χ0n) is 20.8. The first-order valence-electron chi connectivity index (χ1n) is 11.2. The van der Waals surface area contributed by atoms with Crippen molar-refractivity contribution >= 4 is 58.7 Å². The third kappa shape index (κ3) is 7.56. The van der Waals surface area contributed by atoms with E-state index >= 15 is 0 Å². The van der Waals surface area contributed by atoms with Crippen LogP contribution in [0.5, 0.6) is 5.75 Å². The summed E-state index contributed by atoms with van der Waals surface area (Å²) in [5.74, 6) is -1.03. The van der Waals surface area contributed by atoms with Crippen LogP contribution in [0.15, 0.2) is 66.7 Å². The van der Waals surface area contributed by atoms with Crippen LogP contribution < -0.4 is 20.7 Å². The molecule has 0 radical (unpaired) electrons. The van der Waals surface area contributed by atoms with Gasteiger partial charge in [-0.05, 0) is 44.2 Å². The van der Waals surface area contributed by atoms with Gasteiger partial charge in [0.2, 0.25) is 0 Å². The summed E-state index contributed by atoms with van der Waals surface area (Å²) in [5, 5.41) is 15.5. The molecular weight excluding hydrogens is 571 g/mol. The van der Waals surface area contributed by atoms with Crippen LogP contribution in [0.2, 0.25) is 0 Å². The molecule has 4 rings (SSSR count). The first kappa shape index (κ1) is 28.7. The summed E-state index contributed by atoms with van der Waals surface area (Å²) >= 11 is -3.45. The Morgan fingerprint density at radius 2 is 1.66 bits per heavy atom. The second kappa shape index (κ2) is 12.1. The van der Waals surface area contributed by atoms with Crippen LogP contribution in [0.4, 0.5) is 17.1 Å². The van der Waals surface area contributed by atoms with E-state index in [-0.39, 0.29) is 17.5 Å². The Hall–Kier alpha value is -3.89. The number of aryl methyl sites for hydroxylation is 2. The maximum atomic E-state index is 12.3. The van der Waals surface area contributed by atoms with Gasteiger partial charge in [0.1, 0.15) is 5.01 Å². The van der Waals surface area contributed by atoms with Gasteiger partial charge >= 0.3 is 88.1 Å². The Balaban J connectivity index is 0.000000232. The molecule has 12 heteroatoms. The molecule has 0 saturated carbocycles. The fourth-order valence-electron chi connectivity index (χ4n) is 3.23. The van der Waals surface area contributed by atoms with Crippen molar-refractivity contribution < 1.29 is 26.6 Å². The third-order valence-electron chi connectivity index (χ3n) is 5.22. The van der Waals surface area contributed by atoms with Crippen molar-refractivity contribution in [2.75, 3.05) is 16.4 Å². The number of anilines is 3. The van der Waals surface area contributed by atoms with Gasteiger partial charge in [-0.3, -0.25) is 4.79 Å². The van der Waals surface area contributed by atoms with Crippen molar-refractivity contribution in [2.24, 2.45) is 0 Å². The number of hydrogen-bond acceptors (Lipinski definition) is 7. The average Bonchev–Trinajstić information content (AvgIpc) is 3.18. The standard InChI is InChI=1S/C18H17N3OS.C8H10AsNO5/c1-11-12(2)23-18(20-11)14-8-9-15(19)16(10-14)21-17(22)13-6-4-3-5-7-13;1-5(11)10-6-2-3-7(8(12)4-6)9(13,14)15/h3-10H,19H2,1-2H3,(H,21,22);2-4,12H,1H3,(H,10,11)(H2,13,14,15). The van der Waals surface area contributed by atoms with Gasteiger partial charge in [0.05, 0.1) is 17.1 Å². The summed E-state index contributed by atoms with van der Waals surface area (Å²) in [5.41, 5.74) is 9.98. The van der Waals surface area contributed by atoms with Crippen molar-refractivity contribution in [3.63, 3.8) is 0 Å². The van der Waals surface area contributed by atoms with Gasteiger partial charge in [-0.1, -0.05) is 18.2 Å². The number of hydrogen-bond donors (Lipinski definition) is 6. The number of nitrogens with two attached hydrogens (primary N) is 1. The minimum atomic E-state index is -5.09. The van der Waals surface area contributed by atoms with Crippen molar-refractivity contribution in [3.05, 3.63) is 82.9 Å². The Kier molecular flexibility index (Phi) is 9.13. The summed E-state index contributed by atoms with van der Waals surface area (Å²) < 4.78 is 28.2. The van der Waals surface area contributed by atoms with Gasteiger partial charge < -0.3 is 11.1 Å². The zero-order chi connectivity index (χ0) is 28.0. The molecule has 0 bridgehead atoms. The van der Waals surface area contributed by atoms with E-state index < -0.39 is 24.3 Å². The first-order chi connectivity index (χ1) is 17.8. The maximum absolute atomic E-state index is 12.3. The Labute approximate surface area is 226 Å². The van der Waals surface area contributed by atoms with E-state index in [1.54, 1.807) is 29.5 Å². The number of nitrogens with zero attached hydrogens (tertiary/aromatic N) is 1. The molecule has 10 nitrogen and oxygen atoms in total. The molecule has 0 aliphatic carbocycles. The Bertz CT molecular complexity index is 1500. The number of amides is 2. The van der Waals surface area contributed by atoms with Crippen molar-refractivity contribution in [1.82, 2.24) is 4.98 Å². The van der Waals surface area contributed by atoms with Crippen LogP contribution in [0.25, 0.3) is 10.6 Å². The van der Waals surface area contributed by atoms with Gasteiger partial charge in [-0.15, -0.1) is 11.3 Å². The number of rotatable bonds is 5. The molecule has 1 aromatic heterocycles. The van der Waals surface area contributed by atoms with E-state index in [0.29, 0.717) is 16.9 Å². The monoisotopic (exact) mass is 598 g/mol. The molecule has 0 aliphatic rings. The van der Waals surface area contributed by atoms with E-state index in [0.717, 1.165) is 28.4 Å². The predicted octanol–water partition coefficient (Wildman–Crippen LogP) is 3.17. The van der Waals surface area contributed by atoms with E-state index in [2.05, 4.69) is 15.6 Å². The second-order valence-corrected chi connectivity index (χ2v) is 12.7. The minimum Gasteiger partial charge on any atom is -0.397 e. The van der Waals surface area contributed by atoms with Crippen LogP contribution in [0.3, 0.4) is 0 Å². The van der Waals surface area contributed by atoms with Crippen LogP contribution in [-0.4, -0.2) is 44.3 Å².